The molecule has 1 aliphatic rings. The van der Waals surface area contributed by atoms with Crippen LogP contribution in [-0.2, 0) is 4.79 Å². The maximum Gasteiger partial charge on any atom is 0.318 e. The highest BCUT2D eigenvalue weighted by atomic mass is 19.3. The van der Waals surface area contributed by atoms with Crippen LogP contribution in [0.4, 0.5) is 8.78 Å². The van der Waals surface area contributed by atoms with Gasteiger partial charge in [-0.05, 0) is 0 Å². The molecule has 0 radical (unpaired) electrons. The molecule has 2 N–H and O–H groups in total. The van der Waals surface area contributed by atoms with Gasteiger partial charge in [-0.1, -0.05) is 0 Å². The van der Waals surface area contributed by atoms with Gasteiger partial charge in [-0.15, -0.1) is 0 Å². The SMILES string of the molecule is CC(F)(F)C1(C(=O)O)CNC1. The van der Waals surface area contributed by atoms with Crippen LogP contribution in [-0.4, -0.2) is 30.1 Å². The van der Waals surface area contributed by atoms with Crippen molar-refractivity contribution in [3.8, 4) is 0 Å². The first kappa shape index (κ1) is 8.39. The first-order valence-corrected chi connectivity index (χ1v) is 3.22. The second kappa shape index (κ2) is 2.14. The Balaban J connectivity index is 2.85. The van der Waals surface area contributed by atoms with Gasteiger partial charge in [0.2, 0.25) is 0 Å². The van der Waals surface area contributed by atoms with E-state index < -0.39 is 17.3 Å². The summed E-state index contributed by atoms with van der Waals surface area (Å²) >= 11 is 0. The highest BCUT2D eigenvalue weighted by Crippen LogP contribution is 2.39. The molecule has 0 unspecified atom stereocenters. The molecule has 0 saturated carbocycles. The Bertz CT molecular complexity index is 184. The molecule has 5 heteroatoms. The number of carboxylic acids is 1. The largest absolute Gasteiger partial charge is 0.481 e. The van der Waals surface area contributed by atoms with E-state index in [0.29, 0.717) is 6.92 Å². The minimum Gasteiger partial charge on any atom is -0.481 e. The van der Waals surface area contributed by atoms with Crippen molar-refractivity contribution in [2.45, 2.75) is 12.8 Å². The highest BCUT2D eigenvalue weighted by Gasteiger charge is 2.60. The molecule has 3 nitrogen and oxygen atoms in total. The number of hydrogen-bond acceptors (Lipinski definition) is 2. The minimum atomic E-state index is -3.15. The van der Waals surface area contributed by atoms with Gasteiger partial charge >= 0.3 is 5.97 Å². The van der Waals surface area contributed by atoms with Crippen molar-refractivity contribution >= 4 is 5.97 Å². The van der Waals surface area contributed by atoms with Gasteiger partial charge in [0.1, 0.15) is 0 Å². The van der Waals surface area contributed by atoms with E-state index >= 15 is 0 Å². The van der Waals surface area contributed by atoms with E-state index in [1.165, 1.54) is 0 Å². The van der Waals surface area contributed by atoms with Gasteiger partial charge < -0.3 is 10.4 Å². The van der Waals surface area contributed by atoms with E-state index in [9.17, 15) is 13.6 Å². The fourth-order valence-electron chi connectivity index (χ4n) is 1.02. The number of carbonyl (C=O) groups is 1. The van der Waals surface area contributed by atoms with Crippen molar-refractivity contribution in [1.29, 1.82) is 0 Å². The first-order chi connectivity index (χ1) is 4.90. The topological polar surface area (TPSA) is 49.3 Å². The quantitative estimate of drug-likeness (QED) is 0.619. The summed E-state index contributed by atoms with van der Waals surface area (Å²) in [5.74, 6) is -4.58. The molecule has 11 heavy (non-hydrogen) atoms. The fraction of sp³-hybridized carbons (Fsp3) is 0.833. The van der Waals surface area contributed by atoms with Crippen LogP contribution in [0.5, 0.6) is 0 Å². The van der Waals surface area contributed by atoms with E-state index in [1.807, 2.05) is 0 Å². The number of rotatable bonds is 2. The van der Waals surface area contributed by atoms with Crippen LogP contribution in [0.3, 0.4) is 0 Å². The first-order valence-electron chi connectivity index (χ1n) is 3.22. The summed E-state index contributed by atoms with van der Waals surface area (Å²) in [6.07, 6.45) is 0. The summed E-state index contributed by atoms with van der Waals surface area (Å²) in [5, 5.41) is 11.0. The van der Waals surface area contributed by atoms with Gasteiger partial charge in [-0.3, -0.25) is 4.79 Å². The van der Waals surface area contributed by atoms with E-state index in [0.717, 1.165) is 0 Å². The zero-order valence-electron chi connectivity index (χ0n) is 6.03. The summed E-state index contributed by atoms with van der Waals surface area (Å²) in [6.45, 7) is 0.347. The minimum absolute atomic E-state index is 0.147. The lowest BCUT2D eigenvalue weighted by Crippen LogP contribution is -2.66. The third-order valence-corrected chi connectivity index (χ3v) is 2.10. The van der Waals surface area contributed by atoms with E-state index in [2.05, 4.69) is 5.32 Å². The average molecular weight is 165 g/mol. The van der Waals surface area contributed by atoms with Crippen molar-refractivity contribution in [2.24, 2.45) is 5.41 Å². The molecule has 0 aromatic heterocycles. The third-order valence-electron chi connectivity index (χ3n) is 2.10. The Morgan fingerprint density at radius 1 is 1.64 bits per heavy atom. The molecule has 1 saturated heterocycles. The number of alkyl halides is 2. The lowest BCUT2D eigenvalue weighted by atomic mass is 9.76. The number of nitrogens with one attached hydrogen (secondary N) is 1. The summed E-state index contributed by atoms with van der Waals surface area (Å²) in [6, 6.07) is 0. The van der Waals surface area contributed by atoms with Crippen LogP contribution >= 0.6 is 0 Å². The van der Waals surface area contributed by atoms with Crippen molar-refractivity contribution in [3.05, 3.63) is 0 Å². The normalized spacial score (nSPS) is 22.5. The third kappa shape index (κ3) is 0.994. The predicted molar refractivity (Wildman–Crippen MR) is 33.6 cm³/mol. The highest BCUT2D eigenvalue weighted by molar-refractivity contribution is 5.78. The van der Waals surface area contributed by atoms with Gasteiger partial charge in [0.25, 0.3) is 5.92 Å². The Morgan fingerprint density at radius 3 is 2.09 bits per heavy atom. The van der Waals surface area contributed by atoms with Gasteiger partial charge in [-0.2, -0.15) is 0 Å². The van der Waals surface area contributed by atoms with Crippen LogP contribution in [0, 0.1) is 5.41 Å². The Morgan fingerprint density at radius 2 is 2.09 bits per heavy atom. The molecule has 0 aliphatic carbocycles. The standard InChI is InChI=1S/C6H9F2NO2/c1-5(7,8)6(4(10)11)2-9-3-6/h9H,2-3H2,1H3,(H,10,11). The average Bonchev–Trinajstić information content (AvgIpc) is 1.52. The molecule has 1 fully saturated rings. The number of aliphatic carboxylic acids is 1. The van der Waals surface area contributed by atoms with Crippen molar-refractivity contribution in [2.75, 3.05) is 13.1 Å². The van der Waals surface area contributed by atoms with Gasteiger partial charge in [-0.25, -0.2) is 8.78 Å². The molecule has 0 aromatic carbocycles. The van der Waals surface area contributed by atoms with Crippen LogP contribution in [0.25, 0.3) is 0 Å². The zero-order valence-corrected chi connectivity index (χ0v) is 6.03. The van der Waals surface area contributed by atoms with Crippen molar-refractivity contribution < 1.29 is 18.7 Å². The fourth-order valence-corrected chi connectivity index (χ4v) is 1.02. The van der Waals surface area contributed by atoms with E-state index in [1.54, 1.807) is 0 Å². The van der Waals surface area contributed by atoms with Crippen LogP contribution < -0.4 is 5.32 Å². The summed E-state index contributed by atoms with van der Waals surface area (Å²) in [4.78, 5) is 10.4. The maximum absolute atomic E-state index is 12.7. The molecule has 0 bridgehead atoms. The number of hydrogen-bond donors (Lipinski definition) is 2. The lowest BCUT2D eigenvalue weighted by molar-refractivity contribution is -0.184. The molecule has 0 spiro atoms. The van der Waals surface area contributed by atoms with E-state index in [4.69, 9.17) is 5.11 Å². The molecule has 64 valence electrons. The van der Waals surface area contributed by atoms with E-state index in [-0.39, 0.29) is 13.1 Å². The molecule has 0 aromatic rings. The lowest BCUT2D eigenvalue weighted by Gasteiger charge is -2.42. The Labute approximate surface area is 62.4 Å². The number of halogens is 2. The molecule has 1 rings (SSSR count). The molecule has 0 atom stereocenters. The second-order valence-corrected chi connectivity index (χ2v) is 2.88. The summed E-state index contributed by atoms with van der Waals surface area (Å²) < 4.78 is 25.3. The summed E-state index contributed by atoms with van der Waals surface area (Å²) in [7, 11) is 0. The van der Waals surface area contributed by atoms with Crippen molar-refractivity contribution in [3.63, 3.8) is 0 Å². The molecule has 0 amide bonds. The molecular weight excluding hydrogens is 156 g/mol. The van der Waals surface area contributed by atoms with Crippen LogP contribution in [0.2, 0.25) is 0 Å². The van der Waals surface area contributed by atoms with Gasteiger partial charge in [0.15, 0.2) is 5.41 Å². The van der Waals surface area contributed by atoms with Crippen molar-refractivity contribution in [1.82, 2.24) is 5.32 Å². The molecular formula is C6H9F2NO2. The molecule has 1 heterocycles. The van der Waals surface area contributed by atoms with Crippen LogP contribution in [0.15, 0.2) is 0 Å². The molecule has 1 aliphatic heterocycles. The predicted octanol–water partition coefficient (Wildman–Crippen LogP) is 0.316. The van der Waals surface area contributed by atoms with Gasteiger partial charge in [0, 0.05) is 20.0 Å². The Hall–Kier alpha value is -0.710. The second-order valence-electron chi connectivity index (χ2n) is 2.88. The zero-order chi connectivity index (χ0) is 8.70. The number of carboxylic acid groups (broad SMARTS) is 1. The Kier molecular flexibility index (Phi) is 1.63. The smallest absolute Gasteiger partial charge is 0.318 e. The maximum atomic E-state index is 12.7. The monoisotopic (exact) mass is 165 g/mol. The van der Waals surface area contributed by atoms with Crippen LogP contribution in [0.1, 0.15) is 6.92 Å². The summed E-state index contributed by atoms with van der Waals surface area (Å²) in [5.41, 5.74) is -1.87. The van der Waals surface area contributed by atoms with Gasteiger partial charge in [0.05, 0.1) is 0 Å².